The Hall–Kier alpha value is -4.11. The maximum absolute atomic E-state index is 9.10. The van der Waals surface area contributed by atoms with Crippen LogP contribution < -0.4 is 9.47 Å². The number of para-hydroxylation sites is 3. The van der Waals surface area contributed by atoms with Gasteiger partial charge >= 0.3 is 0 Å². The molecule has 0 radical (unpaired) electrons. The van der Waals surface area contributed by atoms with E-state index in [1.165, 1.54) is 0 Å². The largest absolute Gasteiger partial charge is 0.493 e. The lowest BCUT2D eigenvalue weighted by molar-refractivity contribution is 0.287. The Balaban J connectivity index is 1.77. The number of pyridine rings is 1. The normalized spacial score (nSPS) is 11.0. The van der Waals surface area contributed by atoms with Gasteiger partial charge in [-0.3, -0.25) is 4.57 Å². The van der Waals surface area contributed by atoms with Gasteiger partial charge in [-0.15, -0.1) is 0 Å². The van der Waals surface area contributed by atoms with E-state index < -0.39 is 0 Å². The van der Waals surface area contributed by atoms with E-state index in [9.17, 15) is 0 Å². The highest BCUT2D eigenvalue weighted by Crippen LogP contribution is 2.33. The number of methoxy groups -OCH3 is 1. The molecule has 0 bridgehead atoms. The van der Waals surface area contributed by atoms with E-state index >= 15 is 0 Å². The molecule has 0 aliphatic heterocycles. The maximum Gasteiger partial charge on any atom is 0.168 e. The van der Waals surface area contributed by atoms with Crippen molar-refractivity contribution in [3.05, 3.63) is 77.7 Å². The molecule has 0 aliphatic carbocycles. The Kier molecular flexibility index (Phi) is 6.47. The first-order valence-electron chi connectivity index (χ1n) is 10.6. The lowest BCUT2D eigenvalue weighted by Gasteiger charge is -2.13. The van der Waals surface area contributed by atoms with E-state index in [1.54, 1.807) is 19.4 Å². The standard InChI is InChI=1S/C26H24N4O2/c1-3-4-16-32-26-20(8-7-11-23(26)31-2)13-15-25-29-21-9-5-6-10-22(21)30(25)24-14-12-19(17-27)18-28-24/h5-15,18H,3-4,16H2,1-2H3/b15-13+. The molecule has 0 atom stereocenters. The summed E-state index contributed by atoms with van der Waals surface area (Å²) in [5.74, 6) is 2.84. The first kappa shape index (κ1) is 21.1. The summed E-state index contributed by atoms with van der Waals surface area (Å²) in [4.78, 5) is 9.27. The molecular weight excluding hydrogens is 400 g/mol. The summed E-state index contributed by atoms with van der Waals surface area (Å²) in [6, 6.07) is 19.4. The number of fused-ring (bicyclic) bond motifs is 1. The van der Waals surface area contributed by atoms with Crippen LogP contribution in [0.5, 0.6) is 11.5 Å². The number of aromatic nitrogens is 3. The zero-order valence-corrected chi connectivity index (χ0v) is 18.2. The molecule has 0 spiro atoms. The zero-order chi connectivity index (χ0) is 22.3. The second kappa shape index (κ2) is 9.80. The van der Waals surface area contributed by atoms with Crippen LogP contribution in [0.3, 0.4) is 0 Å². The number of rotatable bonds is 8. The second-order valence-corrected chi connectivity index (χ2v) is 7.22. The van der Waals surface area contributed by atoms with Crippen LogP contribution in [0, 0.1) is 11.3 Å². The molecule has 2 aromatic carbocycles. The second-order valence-electron chi connectivity index (χ2n) is 7.22. The minimum atomic E-state index is 0.514. The lowest BCUT2D eigenvalue weighted by Crippen LogP contribution is -2.01. The summed E-state index contributed by atoms with van der Waals surface area (Å²) in [7, 11) is 1.64. The molecule has 4 aromatic rings. The van der Waals surface area contributed by atoms with E-state index in [1.807, 2.05) is 65.3 Å². The maximum atomic E-state index is 9.10. The minimum Gasteiger partial charge on any atom is -0.493 e. The molecule has 0 N–H and O–H groups in total. The van der Waals surface area contributed by atoms with Gasteiger partial charge in [0, 0.05) is 11.8 Å². The molecule has 0 fully saturated rings. The first-order chi connectivity index (χ1) is 15.7. The van der Waals surface area contributed by atoms with Crippen molar-refractivity contribution in [2.45, 2.75) is 19.8 Å². The minimum absolute atomic E-state index is 0.514. The summed E-state index contributed by atoms with van der Waals surface area (Å²) in [6.07, 6.45) is 7.52. The number of hydrogen-bond donors (Lipinski definition) is 0. The number of ether oxygens (including phenoxy) is 2. The van der Waals surface area contributed by atoms with Crippen molar-refractivity contribution in [3.8, 4) is 23.4 Å². The van der Waals surface area contributed by atoms with Crippen LogP contribution in [-0.2, 0) is 0 Å². The highest BCUT2D eigenvalue weighted by molar-refractivity contribution is 5.82. The molecule has 2 aromatic heterocycles. The first-order valence-corrected chi connectivity index (χ1v) is 10.6. The average Bonchev–Trinajstić information content (AvgIpc) is 3.21. The molecule has 2 heterocycles. The van der Waals surface area contributed by atoms with E-state index in [0.29, 0.717) is 23.7 Å². The Labute approximate surface area is 187 Å². The molecule has 0 saturated carbocycles. The van der Waals surface area contributed by atoms with Crippen molar-refractivity contribution in [3.63, 3.8) is 0 Å². The highest BCUT2D eigenvalue weighted by Gasteiger charge is 2.13. The fourth-order valence-corrected chi connectivity index (χ4v) is 3.44. The van der Waals surface area contributed by atoms with Crippen LogP contribution in [-0.4, -0.2) is 28.3 Å². The Morgan fingerprint density at radius 1 is 1.06 bits per heavy atom. The van der Waals surface area contributed by atoms with Crippen LogP contribution >= 0.6 is 0 Å². The van der Waals surface area contributed by atoms with Crippen molar-refractivity contribution >= 4 is 23.2 Å². The summed E-state index contributed by atoms with van der Waals surface area (Å²) < 4.78 is 13.5. The van der Waals surface area contributed by atoms with E-state index in [2.05, 4.69) is 18.0 Å². The quantitative estimate of drug-likeness (QED) is 0.342. The monoisotopic (exact) mass is 424 g/mol. The number of benzene rings is 2. The zero-order valence-electron chi connectivity index (χ0n) is 18.2. The predicted octanol–water partition coefficient (Wildman–Crippen LogP) is 5.65. The topological polar surface area (TPSA) is 73.0 Å². The lowest BCUT2D eigenvalue weighted by atomic mass is 10.1. The van der Waals surface area contributed by atoms with Crippen LogP contribution in [0.2, 0.25) is 0 Å². The number of nitrogens with zero attached hydrogens (tertiary/aromatic N) is 4. The van der Waals surface area contributed by atoms with Crippen molar-refractivity contribution < 1.29 is 9.47 Å². The molecule has 0 unspecified atom stereocenters. The molecule has 160 valence electrons. The van der Waals surface area contributed by atoms with Gasteiger partial charge in [0.15, 0.2) is 11.5 Å². The number of hydrogen-bond acceptors (Lipinski definition) is 5. The van der Waals surface area contributed by atoms with Crippen LogP contribution in [0.1, 0.15) is 36.7 Å². The summed E-state index contributed by atoms with van der Waals surface area (Å²) in [5.41, 5.74) is 3.23. The van der Waals surface area contributed by atoms with Gasteiger partial charge in [-0.1, -0.05) is 37.6 Å². The number of nitriles is 1. The SMILES string of the molecule is CCCCOc1c(/C=C/c2nc3ccccc3n2-c2ccc(C#N)cn2)cccc1OC. The Morgan fingerprint density at radius 3 is 2.69 bits per heavy atom. The van der Waals surface area contributed by atoms with Crippen molar-refractivity contribution in [2.75, 3.05) is 13.7 Å². The van der Waals surface area contributed by atoms with Crippen LogP contribution in [0.15, 0.2) is 60.8 Å². The fourth-order valence-electron chi connectivity index (χ4n) is 3.44. The molecular formula is C26H24N4O2. The average molecular weight is 425 g/mol. The van der Waals surface area contributed by atoms with Gasteiger partial charge in [0.05, 0.1) is 30.3 Å². The molecule has 6 heteroatoms. The molecule has 0 amide bonds. The number of imidazole rings is 1. The van der Waals surface area contributed by atoms with Gasteiger partial charge in [0.2, 0.25) is 0 Å². The summed E-state index contributed by atoms with van der Waals surface area (Å²) in [5, 5.41) is 9.10. The molecule has 0 aliphatic rings. The van der Waals surface area contributed by atoms with E-state index in [-0.39, 0.29) is 0 Å². The van der Waals surface area contributed by atoms with Crippen molar-refractivity contribution in [1.82, 2.24) is 14.5 Å². The third-order valence-electron chi connectivity index (χ3n) is 5.08. The number of unbranched alkanes of at least 4 members (excludes halogenated alkanes) is 1. The molecule has 4 rings (SSSR count). The van der Waals surface area contributed by atoms with Gasteiger partial charge < -0.3 is 9.47 Å². The molecule has 0 saturated heterocycles. The summed E-state index contributed by atoms with van der Waals surface area (Å²) >= 11 is 0. The van der Waals surface area contributed by atoms with Crippen LogP contribution in [0.25, 0.3) is 29.0 Å². The fraction of sp³-hybridized carbons (Fsp3) is 0.192. The van der Waals surface area contributed by atoms with Gasteiger partial charge in [0.1, 0.15) is 17.7 Å². The molecule has 6 nitrogen and oxygen atoms in total. The van der Waals surface area contributed by atoms with Crippen LogP contribution in [0.4, 0.5) is 0 Å². The third-order valence-corrected chi connectivity index (χ3v) is 5.08. The third kappa shape index (κ3) is 4.33. The van der Waals surface area contributed by atoms with Crippen molar-refractivity contribution in [2.24, 2.45) is 0 Å². The van der Waals surface area contributed by atoms with Crippen molar-refractivity contribution in [1.29, 1.82) is 5.26 Å². The van der Waals surface area contributed by atoms with Gasteiger partial charge in [0.25, 0.3) is 0 Å². The molecule has 32 heavy (non-hydrogen) atoms. The van der Waals surface area contributed by atoms with Gasteiger partial charge in [-0.05, 0) is 48.9 Å². The smallest absolute Gasteiger partial charge is 0.168 e. The summed E-state index contributed by atoms with van der Waals surface area (Å²) in [6.45, 7) is 2.76. The Bertz CT molecular complexity index is 1280. The van der Waals surface area contributed by atoms with Gasteiger partial charge in [-0.2, -0.15) is 5.26 Å². The predicted molar refractivity (Wildman–Crippen MR) is 126 cm³/mol. The van der Waals surface area contributed by atoms with E-state index in [0.717, 1.165) is 41.0 Å². The Morgan fingerprint density at radius 2 is 1.94 bits per heavy atom. The van der Waals surface area contributed by atoms with Gasteiger partial charge in [-0.25, -0.2) is 9.97 Å². The van der Waals surface area contributed by atoms with E-state index in [4.69, 9.17) is 19.7 Å². The highest BCUT2D eigenvalue weighted by atomic mass is 16.5.